The van der Waals surface area contributed by atoms with Crippen molar-refractivity contribution >= 4 is 29.1 Å². The maximum absolute atomic E-state index is 13.8. The summed E-state index contributed by atoms with van der Waals surface area (Å²) in [6, 6.07) is 6.30. The van der Waals surface area contributed by atoms with Crippen molar-refractivity contribution in [2.24, 2.45) is 0 Å². The summed E-state index contributed by atoms with van der Waals surface area (Å²) in [4.78, 5) is 4.82. The van der Waals surface area contributed by atoms with Gasteiger partial charge in [-0.2, -0.15) is 0 Å². The number of pyridine rings is 1. The topological polar surface area (TPSA) is 48.1 Å². The number of nitrogens with two attached hydrogens (primary N) is 1. The van der Waals surface area contributed by atoms with Crippen LogP contribution >= 0.6 is 23.4 Å². The summed E-state index contributed by atoms with van der Waals surface area (Å²) in [5.74, 6) is -0.309. The fraction of sp³-hybridized carbons (Fsp3) is 0.214. The van der Waals surface area contributed by atoms with Crippen LogP contribution in [0.4, 0.5) is 10.1 Å². The first-order valence-electron chi connectivity index (χ1n) is 6.01. The maximum atomic E-state index is 13.8. The zero-order chi connectivity index (χ0) is 14.7. The van der Waals surface area contributed by atoms with Gasteiger partial charge in [-0.05, 0) is 32.0 Å². The first-order chi connectivity index (χ1) is 9.47. The molecule has 0 saturated carbocycles. The van der Waals surface area contributed by atoms with E-state index in [0.717, 1.165) is 0 Å². The lowest BCUT2D eigenvalue weighted by Crippen LogP contribution is -2.07. The molecule has 0 spiro atoms. The molecule has 2 aromatic rings. The van der Waals surface area contributed by atoms with Crippen molar-refractivity contribution in [2.75, 3.05) is 5.73 Å². The molecule has 106 valence electrons. The van der Waals surface area contributed by atoms with Gasteiger partial charge in [0.15, 0.2) is 11.6 Å². The fourth-order valence-corrected chi connectivity index (χ4v) is 2.60. The van der Waals surface area contributed by atoms with Gasteiger partial charge >= 0.3 is 0 Å². The van der Waals surface area contributed by atoms with Crippen LogP contribution in [0.1, 0.15) is 13.8 Å². The summed E-state index contributed by atoms with van der Waals surface area (Å²) in [6.07, 6.45) is 1.52. The Bertz CT molecular complexity index is 622. The van der Waals surface area contributed by atoms with E-state index in [1.165, 1.54) is 17.8 Å². The molecule has 1 heterocycles. The molecule has 20 heavy (non-hydrogen) atoms. The summed E-state index contributed by atoms with van der Waals surface area (Å²) in [6.45, 7) is 3.66. The van der Waals surface area contributed by atoms with Crippen molar-refractivity contribution in [3.05, 3.63) is 41.3 Å². The summed E-state index contributed by atoms with van der Waals surface area (Å²) in [5.41, 5.74) is 6.16. The van der Waals surface area contributed by atoms with Crippen LogP contribution in [0.15, 0.2) is 40.4 Å². The molecular formula is C14H14ClFN2OS. The van der Waals surface area contributed by atoms with Crippen molar-refractivity contribution in [3.63, 3.8) is 0 Å². The Morgan fingerprint density at radius 3 is 2.80 bits per heavy atom. The van der Waals surface area contributed by atoms with Crippen molar-refractivity contribution in [1.82, 2.24) is 4.98 Å². The van der Waals surface area contributed by atoms with E-state index in [9.17, 15) is 4.39 Å². The van der Waals surface area contributed by atoms with Gasteiger partial charge in [0.2, 0.25) is 0 Å². The number of benzene rings is 1. The Morgan fingerprint density at radius 2 is 2.15 bits per heavy atom. The zero-order valence-electron chi connectivity index (χ0n) is 11.1. The van der Waals surface area contributed by atoms with Crippen molar-refractivity contribution in [1.29, 1.82) is 0 Å². The highest BCUT2D eigenvalue weighted by Crippen LogP contribution is 2.37. The molecular weight excluding hydrogens is 299 g/mol. The van der Waals surface area contributed by atoms with Crippen molar-refractivity contribution in [2.45, 2.75) is 29.9 Å². The van der Waals surface area contributed by atoms with E-state index in [0.29, 0.717) is 20.6 Å². The van der Waals surface area contributed by atoms with Gasteiger partial charge < -0.3 is 10.5 Å². The highest BCUT2D eigenvalue weighted by molar-refractivity contribution is 7.99. The first-order valence-corrected chi connectivity index (χ1v) is 7.21. The van der Waals surface area contributed by atoms with E-state index in [1.807, 2.05) is 13.8 Å². The van der Waals surface area contributed by atoms with Gasteiger partial charge in [-0.25, -0.2) is 9.37 Å². The Kier molecular flexibility index (Phi) is 4.73. The highest BCUT2D eigenvalue weighted by atomic mass is 35.5. The second kappa shape index (κ2) is 6.33. The van der Waals surface area contributed by atoms with Crippen molar-refractivity contribution in [3.8, 4) is 5.75 Å². The molecule has 2 N–H and O–H groups in total. The standard InChI is InChI=1S/C14H14ClFN2OS/c1-8(2)19-12-7-13(11(17)6-10(12)16)20-14-9(15)4-3-5-18-14/h3-8H,17H2,1-2H3. The lowest BCUT2D eigenvalue weighted by Gasteiger charge is -2.13. The molecule has 2 rings (SSSR count). The predicted molar refractivity (Wildman–Crippen MR) is 79.9 cm³/mol. The van der Waals surface area contributed by atoms with Crippen LogP contribution < -0.4 is 10.5 Å². The quantitative estimate of drug-likeness (QED) is 0.850. The highest BCUT2D eigenvalue weighted by Gasteiger charge is 2.13. The molecule has 0 amide bonds. The monoisotopic (exact) mass is 312 g/mol. The van der Waals surface area contributed by atoms with E-state index in [4.69, 9.17) is 22.1 Å². The summed E-state index contributed by atoms with van der Waals surface area (Å²) in [5, 5.41) is 1.13. The zero-order valence-corrected chi connectivity index (χ0v) is 12.6. The molecule has 0 aliphatic rings. The summed E-state index contributed by atoms with van der Waals surface area (Å²) < 4.78 is 19.2. The average Bonchev–Trinajstić information content (AvgIpc) is 2.37. The number of halogens is 2. The van der Waals surface area contributed by atoms with E-state index in [1.54, 1.807) is 24.4 Å². The molecule has 0 unspecified atom stereocenters. The summed E-state index contributed by atoms with van der Waals surface area (Å²) in [7, 11) is 0. The van der Waals surface area contributed by atoms with Crippen LogP contribution in [-0.2, 0) is 0 Å². The third-order valence-electron chi connectivity index (χ3n) is 2.36. The predicted octanol–water partition coefficient (Wildman–Crippen LogP) is 4.39. The second-order valence-electron chi connectivity index (χ2n) is 4.38. The van der Waals surface area contributed by atoms with Crippen LogP contribution in [0, 0.1) is 5.82 Å². The molecule has 0 fully saturated rings. The largest absolute Gasteiger partial charge is 0.488 e. The number of hydrogen-bond donors (Lipinski definition) is 1. The molecule has 6 heteroatoms. The Labute approximate surface area is 126 Å². The molecule has 1 aromatic carbocycles. The maximum Gasteiger partial charge on any atom is 0.167 e. The van der Waals surface area contributed by atoms with Gasteiger partial charge in [-0.15, -0.1) is 0 Å². The molecule has 0 saturated heterocycles. The van der Waals surface area contributed by atoms with Gasteiger partial charge in [0, 0.05) is 22.8 Å². The Balaban J connectivity index is 2.34. The fourth-order valence-electron chi connectivity index (χ4n) is 1.53. The molecule has 0 aliphatic heterocycles. The smallest absolute Gasteiger partial charge is 0.167 e. The number of rotatable bonds is 4. The summed E-state index contributed by atoms with van der Waals surface area (Å²) >= 11 is 7.33. The third-order valence-corrected chi connectivity index (χ3v) is 3.87. The number of aromatic nitrogens is 1. The molecule has 0 bridgehead atoms. The van der Waals surface area contributed by atoms with Crippen LogP contribution in [0.25, 0.3) is 0 Å². The van der Waals surface area contributed by atoms with Gasteiger partial charge in [0.25, 0.3) is 0 Å². The van der Waals surface area contributed by atoms with Gasteiger partial charge in [-0.1, -0.05) is 23.4 Å². The van der Waals surface area contributed by atoms with Crippen LogP contribution in [0.5, 0.6) is 5.75 Å². The second-order valence-corrected chi connectivity index (χ2v) is 5.82. The van der Waals surface area contributed by atoms with Gasteiger partial charge in [0.05, 0.1) is 11.1 Å². The van der Waals surface area contributed by atoms with Gasteiger partial charge in [-0.3, -0.25) is 0 Å². The normalized spacial score (nSPS) is 10.8. The minimum atomic E-state index is -0.479. The molecule has 0 atom stereocenters. The van der Waals surface area contributed by atoms with Gasteiger partial charge in [0.1, 0.15) is 5.03 Å². The van der Waals surface area contributed by atoms with Crippen LogP contribution in [0.3, 0.4) is 0 Å². The van der Waals surface area contributed by atoms with E-state index < -0.39 is 5.82 Å². The van der Waals surface area contributed by atoms with Crippen LogP contribution in [0.2, 0.25) is 5.02 Å². The number of hydrogen-bond acceptors (Lipinski definition) is 4. The minimum Gasteiger partial charge on any atom is -0.488 e. The SMILES string of the molecule is CC(C)Oc1cc(Sc2ncccc2Cl)c(N)cc1F. The van der Waals surface area contributed by atoms with Crippen molar-refractivity contribution < 1.29 is 9.13 Å². The lowest BCUT2D eigenvalue weighted by atomic mass is 10.3. The Morgan fingerprint density at radius 1 is 1.40 bits per heavy atom. The minimum absolute atomic E-state index is 0.121. The average molecular weight is 313 g/mol. The number of nitrogen functional groups attached to an aromatic ring is 1. The third kappa shape index (κ3) is 3.55. The molecule has 0 aliphatic carbocycles. The lowest BCUT2D eigenvalue weighted by molar-refractivity contribution is 0.230. The van der Waals surface area contributed by atoms with E-state index >= 15 is 0 Å². The molecule has 0 radical (unpaired) electrons. The number of anilines is 1. The number of nitrogens with zero attached hydrogens (tertiary/aromatic N) is 1. The van der Waals surface area contributed by atoms with Crippen LogP contribution in [-0.4, -0.2) is 11.1 Å². The van der Waals surface area contributed by atoms with E-state index in [-0.39, 0.29) is 11.9 Å². The first kappa shape index (κ1) is 14.9. The Hall–Kier alpha value is -1.46. The number of ether oxygens (including phenoxy) is 1. The van der Waals surface area contributed by atoms with E-state index in [2.05, 4.69) is 4.98 Å². The molecule has 3 nitrogen and oxygen atoms in total. The molecule has 1 aromatic heterocycles.